The average molecular weight is 209 g/mol. The molecule has 1 aromatic rings. The molecule has 0 aliphatic carbocycles. The lowest BCUT2D eigenvalue weighted by Gasteiger charge is -2.02. The number of thioether (sulfide) groups is 1. The Morgan fingerprint density at radius 3 is 3.14 bits per heavy atom. The summed E-state index contributed by atoms with van der Waals surface area (Å²) in [5, 5.41) is 9.42. The molecule has 0 amide bonds. The van der Waals surface area contributed by atoms with Gasteiger partial charge in [0.15, 0.2) is 0 Å². The lowest BCUT2D eigenvalue weighted by molar-refractivity contribution is 0.0692. The quantitative estimate of drug-likeness (QED) is 0.459. The maximum Gasteiger partial charge on any atom is 0.338 e. The first-order valence-electron chi connectivity index (χ1n) is 4.17. The Balaban J connectivity index is 2.74. The van der Waals surface area contributed by atoms with Crippen molar-refractivity contribution in [3.63, 3.8) is 0 Å². The number of carbonyl (C=O) groups is 1. The summed E-state index contributed by atoms with van der Waals surface area (Å²) in [4.78, 5) is 14.8. The minimum Gasteiger partial charge on any atom is -0.478 e. The third kappa shape index (κ3) is 2.88. The molecule has 1 heterocycles. The average Bonchev–Trinajstić information content (AvgIpc) is 2.19. The van der Waals surface area contributed by atoms with Crippen molar-refractivity contribution in [1.82, 2.24) is 4.98 Å². The summed E-state index contributed by atoms with van der Waals surface area (Å²) >= 11 is 1.44. The van der Waals surface area contributed by atoms with E-state index in [1.807, 2.05) is 0 Å². The molecule has 14 heavy (non-hydrogen) atoms. The number of carboxylic acid groups (broad SMARTS) is 1. The molecule has 0 aliphatic heterocycles. The molecule has 0 atom stereocenters. The molecule has 1 N–H and O–H groups in total. The molecule has 1 aromatic heterocycles. The van der Waals surface area contributed by atoms with E-state index in [2.05, 4.69) is 11.6 Å². The van der Waals surface area contributed by atoms with Crippen LogP contribution in [0.25, 0.3) is 0 Å². The van der Waals surface area contributed by atoms with Crippen LogP contribution in [0, 0.1) is 0 Å². The van der Waals surface area contributed by atoms with Gasteiger partial charge in [0.05, 0.1) is 5.56 Å². The van der Waals surface area contributed by atoms with Gasteiger partial charge in [-0.3, -0.25) is 0 Å². The summed E-state index contributed by atoms with van der Waals surface area (Å²) in [7, 11) is 0. The first-order valence-corrected chi connectivity index (χ1v) is 5.16. The van der Waals surface area contributed by atoms with Crippen LogP contribution in [-0.2, 0) is 0 Å². The number of allylic oxidation sites excluding steroid dienone is 1. The summed E-state index contributed by atoms with van der Waals surface area (Å²) in [5.74, 6) is -0.125. The van der Waals surface area contributed by atoms with E-state index in [1.165, 1.54) is 11.8 Å². The van der Waals surface area contributed by atoms with Crippen LogP contribution in [0.3, 0.4) is 0 Å². The Morgan fingerprint density at radius 1 is 1.71 bits per heavy atom. The number of rotatable bonds is 5. The van der Waals surface area contributed by atoms with Crippen LogP contribution in [-0.4, -0.2) is 21.8 Å². The van der Waals surface area contributed by atoms with Crippen molar-refractivity contribution in [1.29, 1.82) is 0 Å². The van der Waals surface area contributed by atoms with Crippen LogP contribution < -0.4 is 0 Å². The molecule has 0 unspecified atom stereocenters. The lowest BCUT2D eigenvalue weighted by atomic mass is 10.3. The van der Waals surface area contributed by atoms with Gasteiger partial charge in [0.2, 0.25) is 0 Å². The molecule has 0 saturated carbocycles. The van der Waals surface area contributed by atoms with Gasteiger partial charge in [-0.05, 0) is 18.6 Å². The topological polar surface area (TPSA) is 50.2 Å². The molecule has 0 radical (unpaired) electrons. The molecule has 74 valence electrons. The van der Waals surface area contributed by atoms with E-state index in [0.29, 0.717) is 5.03 Å². The number of nitrogens with zero attached hydrogens (tertiary/aromatic N) is 1. The van der Waals surface area contributed by atoms with Crippen LogP contribution in [0.5, 0.6) is 0 Å². The smallest absolute Gasteiger partial charge is 0.338 e. The predicted molar refractivity (Wildman–Crippen MR) is 56.7 cm³/mol. The highest BCUT2D eigenvalue weighted by Gasteiger charge is 2.09. The minimum absolute atomic E-state index is 0.265. The molecule has 4 heteroatoms. The largest absolute Gasteiger partial charge is 0.478 e. The first kappa shape index (κ1) is 10.8. The standard InChI is InChI=1S/C10H11NO2S/c1-2-3-7-14-9-8(10(12)13)5-4-6-11-9/h2,4-6H,1,3,7H2,(H,12,13). The van der Waals surface area contributed by atoms with Crippen LogP contribution >= 0.6 is 11.8 Å². The summed E-state index contributed by atoms with van der Waals surface area (Å²) in [5.41, 5.74) is 0.265. The normalized spacial score (nSPS) is 9.71. The van der Waals surface area contributed by atoms with Crippen molar-refractivity contribution >= 4 is 17.7 Å². The molecular formula is C10H11NO2S. The molecule has 1 rings (SSSR count). The van der Waals surface area contributed by atoms with Crippen LogP contribution in [0.15, 0.2) is 36.0 Å². The van der Waals surface area contributed by atoms with Crippen molar-refractivity contribution in [3.05, 3.63) is 36.5 Å². The number of hydrogen-bond donors (Lipinski definition) is 1. The summed E-state index contributed by atoms with van der Waals surface area (Å²) < 4.78 is 0. The molecule has 0 saturated heterocycles. The zero-order valence-corrected chi connectivity index (χ0v) is 8.46. The third-order valence-electron chi connectivity index (χ3n) is 1.56. The van der Waals surface area contributed by atoms with Crippen molar-refractivity contribution in [2.75, 3.05) is 5.75 Å². The zero-order valence-electron chi connectivity index (χ0n) is 7.64. The molecule has 0 fully saturated rings. The molecule has 0 spiro atoms. The second-order valence-electron chi connectivity index (χ2n) is 2.59. The summed E-state index contributed by atoms with van der Waals surface area (Å²) in [6.45, 7) is 3.60. The van der Waals surface area contributed by atoms with Crippen LogP contribution in [0.4, 0.5) is 0 Å². The van der Waals surface area contributed by atoms with Crippen LogP contribution in [0.2, 0.25) is 0 Å². The van der Waals surface area contributed by atoms with Gasteiger partial charge in [-0.15, -0.1) is 18.3 Å². The summed E-state index contributed by atoms with van der Waals surface area (Å²) in [6, 6.07) is 3.19. The fourth-order valence-electron chi connectivity index (χ4n) is 0.908. The maximum atomic E-state index is 10.8. The molecular weight excluding hydrogens is 198 g/mol. The van der Waals surface area contributed by atoms with E-state index in [4.69, 9.17) is 5.11 Å². The van der Waals surface area contributed by atoms with Gasteiger partial charge in [0.1, 0.15) is 5.03 Å². The number of aromatic carboxylic acids is 1. The SMILES string of the molecule is C=CCCSc1ncccc1C(=O)O. The van der Waals surface area contributed by atoms with Crippen molar-refractivity contribution in [2.24, 2.45) is 0 Å². The Bertz CT molecular complexity index is 339. The predicted octanol–water partition coefficient (Wildman–Crippen LogP) is 2.45. The Morgan fingerprint density at radius 2 is 2.50 bits per heavy atom. The monoisotopic (exact) mass is 209 g/mol. The van der Waals surface area contributed by atoms with Gasteiger partial charge in [-0.25, -0.2) is 9.78 Å². The van der Waals surface area contributed by atoms with Gasteiger partial charge < -0.3 is 5.11 Å². The fourth-order valence-corrected chi connectivity index (χ4v) is 1.83. The second-order valence-corrected chi connectivity index (χ2v) is 3.67. The fraction of sp³-hybridized carbons (Fsp3) is 0.200. The van der Waals surface area contributed by atoms with Gasteiger partial charge in [-0.2, -0.15) is 0 Å². The van der Waals surface area contributed by atoms with Crippen molar-refractivity contribution in [3.8, 4) is 0 Å². The number of carboxylic acids is 1. The Kier molecular flexibility index (Phi) is 4.19. The van der Waals surface area contributed by atoms with Gasteiger partial charge in [-0.1, -0.05) is 6.08 Å². The highest BCUT2D eigenvalue weighted by Crippen LogP contribution is 2.20. The zero-order chi connectivity index (χ0) is 10.4. The Hall–Kier alpha value is -1.29. The van der Waals surface area contributed by atoms with Gasteiger partial charge >= 0.3 is 5.97 Å². The second kappa shape index (κ2) is 5.44. The summed E-state index contributed by atoms with van der Waals surface area (Å²) in [6.07, 6.45) is 4.25. The Labute approximate surface area is 86.9 Å². The number of pyridine rings is 1. The lowest BCUT2D eigenvalue weighted by Crippen LogP contribution is -2.00. The van der Waals surface area contributed by atoms with E-state index in [-0.39, 0.29) is 5.56 Å². The molecule has 0 bridgehead atoms. The van der Waals surface area contributed by atoms with Crippen molar-refractivity contribution < 1.29 is 9.90 Å². The van der Waals surface area contributed by atoms with E-state index in [0.717, 1.165) is 12.2 Å². The van der Waals surface area contributed by atoms with Crippen LogP contribution in [0.1, 0.15) is 16.8 Å². The molecule has 3 nitrogen and oxygen atoms in total. The number of hydrogen-bond acceptors (Lipinski definition) is 3. The minimum atomic E-state index is -0.931. The van der Waals surface area contributed by atoms with Gasteiger partial charge in [0, 0.05) is 11.9 Å². The number of aromatic nitrogens is 1. The molecule has 0 aliphatic rings. The van der Waals surface area contributed by atoms with Gasteiger partial charge in [0.25, 0.3) is 0 Å². The highest BCUT2D eigenvalue weighted by molar-refractivity contribution is 7.99. The van der Waals surface area contributed by atoms with E-state index in [1.54, 1.807) is 24.4 Å². The van der Waals surface area contributed by atoms with E-state index >= 15 is 0 Å². The van der Waals surface area contributed by atoms with Crippen molar-refractivity contribution in [2.45, 2.75) is 11.4 Å². The first-order chi connectivity index (χ1) is 6.75. The van der Waals surface area contributed by atoms with E-state index < -0.39 is 5.97 Å². The third-order valence-corrected chi connectivity index (χ3v) is 2.60. The van der Waals surface area contributed by atoms with E-state index in [9.17, 15) is 4.79 Å². The highest BCUT2D eigenvalue weighted by atomic mass is 32.2. The maximum absolute atomic E-state index is 10.8. The molecule has 0 aromatic carbocycles.